The molecule has 27 heavy (non-hydrogen) atoms. The third kappa shape index (κ3) is 3.16. The van der Waals surface area contributed by atoms with Crippen LogP contribution in [0.2, 0.25) is 0 Å². The minimum absolute atomic E-state index is 0.165. The molecule has 0 unspecified atom stereocenters. The molecule has 7 nitrogen and oxygen atoms in total. The monoisotopic (exact) mass is 387 g/mol. The minimum Gasteiger partial charge on any atom is -0.464 e. The molecule has 1 aliphatic rings. The Morgan fingerprint density at radius 1 is 1.22 bits per heavy atom. The van der Waals surface area contributed by atoms with Crippen LogP contribution < -0.4 is 10.9 Å². The van der Waals surface area contributed by atoms with Crippen molar-refractivity contribution < 1.29 is 22.0 Å². The lowest BCUT2D eigenvalue weighted by Crippen LogP contribution is -2.37. The van der Waals surface area contributed by atoms with Crippen molar-refractivity contribution in [2.75, 3.05) is 5.75 Å². The van der Waals surface area contributed by atoms with Crippen molar-refractivity contribution in [3.63, 3.8) is 0 Å². The fourth-order valence-corrected chi connectivity index (χ4v) is 4.56. The van der Waals surface area contributed by atoms with Gasteiger partial charge in [-0.15, -0.1) is 0 Å². The zero-order chi connectivity index (χ0) is 19.3. The molecule has 140 valence electrons. The number of sulfone groups is 1. The minimum atomic E-state index is -3.26. The molecule has 2 aromatic heterocycles. The standard InChI is InChI=1S/C19H17NO6S/c1-10-8-25-16-7-17-14(5-13(10)16)11(2)15(19(22)26-17)6-18(21)20-12-3-4-27(23,24)9-12/h3-5,7-8,12H,6,9H2,1-2H3,(H,20,21)/t12-/m1/s1. The highest BCUT2D eigenvalue weighted by atomic mass is 32.2. The Labute approximate surface area is 154 Å². The molecule has 1 amide bonds. The van der Waals surface area contributed by atoms with Crippen LogP contribution in [0.3, 0.4) is 0 Å². The number of benzene rings is 1. The summed E-state index contributed by atoms with van der Waals surface area (Å²) in [5.74, 6) is -0.598. The van der Waals surface area contributed by atoms with Crippen LogP contribution in [0, 0.1) is 13.8 Å². The van der Waals surface area contributed by atoms with Gasteiger partial charge in [0, 0.05) is 22.2 Å². The SMILES string of the molecule is Cc1coc2cc3oc(=O)c(CC(=O)N[C@@H]4C=CS(=O)(=O)C4)c(C)c3cc12. The van der Waals surface area contributed by atoms with Crippen molar-refractivity contribution in [3.05, 3.63) is 57.0 Å². The molecule has 3 heterocycles. The van der Waals surface area contributed by atoms with Crippen LogP contribution >= 0.6 is 0 Å². The van der Waals surface area contributed by atoms with Gasteiger partial charge in [0.15, 0.2) is 9.84 Å². The first-order chi connectivity index (χ1) is 12.7. The van der Waals surface area contributed by atoms with Gasteiger partial charge < -0.3 is 14.2 Å². The van der Waals surface area contributed by atoms with Crippen molar-refractivity contribution in [2.45, 2.75) is 26.3 Å². The van der Waals surface area contributed by atoms with Crippen molar-refractivity contribution in [2.24, 2.45) is 0 Å². The molecule has 1 aliphatic heterocycles. The highest BCUT2D eigenvalue weighted by Crippen LogP contribution is 2.28. The van der Waals surface area contributed by atoms with E-state index in [0.29, 0.717) is 16.7 Å². The molecule has 4 rings (SSSR count). The summed E-state index contributed by atoms with van der Waals surface area (Å²) in [5, 5.41) is 5.36. The van der Waals surface area contributed by atoms with Gasteiger partial charge in [-0.3, -0.25) is 4.79 Å². The van der Waals surface area contributed by atoms with E-state index in [4.69, 9.17) is 8.83 Å². The second-order valence-corrected chi connectivity index (χ2v) is 8.70. The second kappa shape index (κ2) is 6.09. The molecule has 1 atom stereocenters. The molecule has 0 bridgehead atoms. The number of carbonyl (C=O) groups excluding carboxylic acids is 1. The predicted octanol–water partition coefficient (Wildman–Crippen LogP) is 2.13. The third-order valence-electron chi connectivity index (χ3n) is 4.79. The summed E-state index contributed by atoms with van der Waals surface area (Å²) in [6, 6.07) is 2.98. The third-order valence-corrected chi connectivity index (χ3v) is 6.18. The maximum atomic E-state index is 12.4. The van der Waals surface area contributed by atoms with Crippen LogP contribution in [-0.2, 0) is 21.1 Å². The summed E-state index contributed by atoms with van der Waals surface area (Å²) in [4.78, 5) is 24.7. The van der Waals surface area contributed by atoms with E-state index < -0.39 is 27.4 Å². The molecule has 1 aromatic carbocycles. The van der Waals surface area contributed by atoms with Gasteiger partial charge in [-0.1, -0.05) is 0 Å². The van der Waals surface area contributed by atoms with Crippen LogP contribution in [0.4, 0.5) is 0 Å². The van der Waals surface area contributed by atoms with E-state index in [1.165, 1.54) is 6.08 Å². The van der Waals surface area contributed by atoms with Gasteiger partial charge in [0.1, 0.15) is 11.2 Å². The first-order valence-electron chi connectivity index (χ1n) is 8.38. The molecule has 0 fully saturated rings. The molecular formula is C19H17NO6S. The van der Waals surface area contributed by atoms with E-state index in [1.807, 2.05) is 13.0 Å². The van der Waals surface area contributed by atoms with Gasteiger partial charge in [-0.05, 0) is 37.1 Å². The molecule has 8 heteroatoms. The van der Waals surface area contributed by atoms with Gasteiger partial charge in [-0.2, -0.15) is 0 Å². The number of aryl methyl sites for hydroxylation is 2. The molecular weight excluding hydrogens is 370 g/mol. The highest BCUT2D eigenvalue weighted by molar-refractivity contribution is 7.94. The fraction of sp³-hybridized carbons (Fsp3) is 0.263. The Hall–Kier alpha value is -2.87. The molecule has 1 N–H and O–H groups in total. The Bertz CT molecular complexity index is 1280. The Morgan fingerprint density at radius 2 is 2.00 bits per heavy atom. The van der Waals surface area contributed by atoms with Gasteiger partial charge in [-0.25, -0.2) is 13.2 Å². The second-order valence-electron chi connectivity index (χ2n) is 6.77. The van der Waals surface area contributed by atoms with Gasteiger partial charge in [0.2, 0.25) is 5.91 Å². The zero-order valence-electron chi connectivity index (χ0n) is 14.7. The van der Waals surface area contributed by atoms with Crippen molar-refractivity contribution >= 4 is 37.7 Å². The normalized spacial score (nSPS) is 18.4. The first kappa shape index (κ1) is 17.5. The number of fused-ring (bicyclic) bond motifs is 2. The summed E-state index contributed by atoms with van der Waals surface area (Å²) in [6.07, 6.45) is 2.88. The maximum absolute atomic E-state index is 12.4. The quantitative estimate of drug-likeness (QED) is 0.690. The number of hydrogen-bond acceptors (Lipinski definition) is 6. The van der Waals surface area contributed by atoms with Crippen LogP contribution in [0.1, 0.15) is 16.7 Å². The van der Waals surface area contributed by atoms with E-state index in [1.54, 1.807) is 19.3 Å². The van der Waals surface area contributed by atoms with E-state index in [9.17, 15) is 18.0 Å². The lowest BCUT2D eigenvalue weighted by Gasteiger charge is -2.11. The lowest BCUT2D eigenvalue weighted by molar-refractivity contribution is -0.120. The van der Waals surface area contributed by atoms with E-state index >= 15 is 0 Å². The average Bonchev–Trinajstić information content (AvgIpc) is 3.12. The fourth-order valence-electron chi connectivity index (χ4n) is 3.33. The molecule has 0 spiro atoms. The summed E-state index contributed by atoms with van der Waals surface area (Å²) in [7, 11) is -3.26. The summed E-state index contributed by atoms with van der Waals surface area (Å²) in [5.41, 5.74) is 2.31. The van der Waals surface area contributed by atoms with Crippen molar-refractivity contribution in [1.82, 2.24) is 5.32 Å². The number of nitrogens with one attached hydrogen (secondary N) is 1. The molecule has 0 saturated carbocycles. The van der Waals surface area contributed by atoms with Crippen LogP contribution in [-0.4, -0.2) is 26.1 Å². The summed E-state index contributed by atoms with van der Waals surface area (Å²) >= 11 is 0. The van der Waals surface area contributed by atoms with Crippen LogP contribution in [0.15, 0.2) is 43.5 Å². The maximum Gasteiger partial charge on any atom is 0.340 e. The molecule has 0 radical (unpaired) electrons. The Kier molecular flexibility index (Phi) is 3.96. The number of amides is 1. The smallest absolute Gasteiger partial charge is 0.340 e. The van der Waals surface area contributed by atoms with E-state index in [-0.39, 0.29) is 17.7 Å². The number of furan rings is 1. The predicted molar refractivity (Wildman–Crippen MR) is 100 cm³/mol. The number of hydrogen-bond donors (Lipinski definition) is 1. The van der Waals surface area contributed by atoms with Crippen LogP contribution in [0.5, 0.6) is 0 Å². The Morgan fingerprint density at radius 3 is 2.70 bits per heavy atom. The molecule has 3 aromatic rings. The summed E-state index contributed by atoms with van der Waals surface area (Å²) in [6.45, 7) is 3.69. The lowest BCUT2D eigenvalue weighted by atomic mass is 10.0. The van der Waals surface area contributed by atoms with Crippen molar-refractivity contribution in [1.29, 1.82) is 0 Å². The number of rotatable bonds is 3. The average molecular weight is 387 g/mol. The number of carbonyl (C=O) groups is 1. The highest BCUT2D eigenvalue weighted by Gasteiger charge is 2.24. The van der Waals surface area contributed by atoms with Gasteiger partial charge in [0.05, 0.1) is 30.0 Å². The van der Waals surface area contributed by atoms with E-state index in [2.05, 4.69) is 5.32 Å². The Balaban J connectivity index is 1.68. The zero-order valence-corrected chi connectivity index (χ0v) is 15.6. The first-order valence-corrected chi connectivity index (χ1v) is 10.1. The van der Waals surface area contributed by atoms with E-state index in [0.717, 1.165) is 21.7 Å². The van der Waals surface area contributed by atoms with Crippen molar-refractivity contribution in [3.8, 4) is 0 Å². The van der Waals surface area contributed by atoms with Gasteiger partial charge >= 0.3 is 5.63 Å². The van der Waals surface area contributed by atoms with Crippen LogP contribution in [0.25, 0.3) is 21.9 Å². The molecule has 0 saturated heterocycles. The molecule has 0 aliphatic carbocycles. The van der Waals surface area contributed by atoms with Gasteiger partial charge in [0.25, 0.3) is 0 Å². The largest absolute Gasteiger partial charge is 0.464 e. The summed E-state index contributed by atoms with van der Waals surface area (Å²) < 4.78 is 33.7. The topological polar surface area (TPSA) is 107 Å².